The summed E-state index contributed by atoms with van der Waals surface area (Å²) >= 11 is 5.94. The Labute approximate surface area is 119 Å². The number of halogens is 2. The zero-order chi connectivity index (χ0) is 14.0. The summed E-state index contributed by atoms with van der Waals surface area (Å²) in [6, 6.07) is 5.36. The minimum atomic E-state index is -0.349. The molecule has 0 bridgehead atoms. The average molecular weight is 285 g/mol. The van der Waals surface area contributed by atoms with Gasteiger partial charge in [0.2, 0.25) is 0 Å². The summed E-state index contributed by atoms with van der Waals surface area (Å²) in [6.45, 7) is 10.7. The maximum absolute atomic E-state index is 13.3. The van der Waals surface area contributed by atoms with Gasteiger partial charge >= 0.3 is 0 Å². The van der Waals surface area contributed by atoms with Crippen molar-refractivity contribution in [1.82, 2.24) is 10.2 Å². The predicted octanol–water partition coefficient (Wildman–Crippen LogP) is 3.47. The normalized spacial score (nSPS) is 19.4. The Morgan fingerprint density at radius 2 is 1.89 bits per heavy atom. The van der Waals surface area contributed by atoms with E-state index in [1.54, 1.807) is 6.07 Å². The van der Waals surface area contributed by atoms with Gasteiger partial charge in [0.1, 0.15) is 5.82 Å². The number of nitrogens with one attached hydrogen (secondary N) is 1. The third-order valence-electron chi connectivity index (χ3n) is 3.60. The molecule has 106 valence electrons. The van der Waals surface area contributed by atoms with Crippen LogP contribution in [0.2, 0.25) is 5.02 Å². The highest BCUT2D eigenvalue weighted by atomic mass is 35.5. The van der Waals surface area contributed by atoms with Crippen LogP contribution >= 0.6 is 11.6 Å². The molecule has 0 amide bonds. The van der Waals surface area contributed by atoms with E-state index in [9.17, 15) is 4.39 Å². The van der Waals surface area contributed by atoms with Crippen LogP contribution in [0.5, 0.6) is 0 Å². The lowest BCUT2D eigenvalue weighted by Gasteiger charge is -2.42. The summed E-state index contributed by atoms with van der Waals surface area (Å²) in [5.74, 6) is -0.349. The van der Waals surface area contributed by atoms with Gasteiger partial charge in [-0.2, -0.15) is 0 Å². The Kier molecular flexibility index (Phi) is 4.49. The van der Waals surface area contributed by atoms with Crippen molar-refractivity contribution in [3.8, 4) is 0 Å². The van der Waals surface area contributed by atoms with Crippen molar-refractivity contribution in [2.24, 2.45) is 5.41 Å². The lowest BCUT2D eigenvalue weighted by molar-refractivity contribution is 0.0862. The molecule has 0 aromatic heterocycles. The van der Waals surface area contributed by atoms with Crippen LogP contribution in [0, 0.1) is 11.2 Å². The summed E-state index contributed by atoms with van der Waals surface area (Å²) < 4.78 is 13.3. The second-order valence-corrected chi connectivity index (χ2v) is 6.64. The molecule has 2 nitrogen and oxygen atoms in total. The highest BCUT2D eigenvalue weighted by Crippen LogP contribution is 2.39. The van der Waals surface area contributed by atoms with Crippen molar-refractivity contribution >= 4 is 11.6 Å². The van der Waals surface area contributed by atoms with Gasteiger partial charge in [0.25, 0.3) is 0 Å². The van der Waals surface area contributed by atoms with Crippen molar-refractivity contribution in [1.29, 1.82) is 0 Å². The van der Waals surface area contributed by atoms with Crippen LogP contribution in [0.15, 0.2) is 18.2 Å². The fraction of sp³-hybridized carbons (Fsp3) is 0.600. The SMILES string of the molecule is CC(C)(C)[C@@H](c1ccc(F)c(Cl)c1)N1CCNCC1. The molecule has 4 heteroatoms. The van der Waals surface area contributed by atoms with Gasteiger partial charge in [-0.05, 0) is 23.1 Å². The van der Waals surface area contributed by atoms with Crippen molar-refractivity contribution in [3.63, 3.8) is 0 Å². The zero-order valence-corrected chi connectivity index (χ0v) is 12.6. The van der Waals surface area contributed by atoms with Crippen LogP contribution in [0.1, 0.15) is 32.4 Å². The molecule has 1 aromatic rings. The fourth-order valence-corrected chi connectivity index (χ4v) is 3.07. The topological polar surface area (TPSA) is 15.3 Å². The fourth-order valence-electron chi connectivity index (χ4n) is 2.88. The first-order chi connectivity index (χ1) is 8.89. The highest BCUT2D eigenvalue weighted by molar-refractivity contribution is 6.30. The number of benzene rings is 1. The molecule has 0 saturated carbocycles. The largest absolute Gasteiger partial charge is 0.314 e. The summed E-state index contributed by atoms with van der Waals surface area (Å²) in [6.07, 6.45) is 0. The maximum atomic E-state index is 13.3. The molecule has 0 aliphatic carbocycles. The number of rotatable bonds is 2. The maximum Gasteiger partial charge on any atom is 0.141 e. The zero-order valence-electron chi connectivity index (χ0n) is 11.8. The van der Waals surface area contributed by atoms with Crippen molar-refractivity contribution < 1.29 is 4.39 Å². The van der Waals surface area contributed by atoms with Gasteiger partial charge in [-0.1, -0.05) is 38.4 Å². The van der Waals surface area contributed by atoms with Gasteiger partial charge in [-0.3, -0.25) is 4.90 Å². The molecule has 1 heterocycles. The van der Waals surface area contributed by atoms with Gasteiger partial charge in [-0.15, -0.1) is 0 Å². The monoisotopic (exact) mass is 284 g/mol. The van der Waals surface area contributed by atoms with Gasteiger partial charge in [0, 0.05) is 32.2 Å². The Balaban J connectivity index is 2.33. The Morgan fingerprint density at radius 3 is 2.42 bits per heavy atom. The van der Waals surface area contributed by atoms with E-state index in [2.05, 4.69) is 31.0 Å². The Bertz CT molecular complexity index is 436. The van der Waals surface area contributed by atoms with Gasteiger partial charge in [-0.25, -0.2) is 4.39 Å². The lowest BCUT2D eigenvalue weighted by atomic mass is 9.81. The minimum absolute atomic E-state index is 0.0818. The van der Waals surface area contributed by atoms with E-state index in [0.717, 1.165) is 31.7 Å². The lowest BCUT2D eigenvalue weighted by Crippen LogP contribution is -2.48. The molecular weight excluding hydrogens is 263 g/mol. The molecule has 1 aromatic carbocycles. The second kappa shape index (κ2) is 5.78. The first-order valence-corrected chi connectivity index (χ1v) is 7.17. The molecule has 1 N–H and O–H groups in total. The van der Waals surface area contributed by atoms with E-state index in [1.807, 2.05) is 6.07 Å². The van der Waals surface area contributed by atoms with E-state index < -0.39 is 0 Å². The number of hydrogen-bond acceptors (Lipinski definition) is 2. The van der Waals surface area contributed by atoms with Crippen LogP contribution in [-0.4, -0.2) is 31.1 Å². The van der Waals surface area contributed by atoms with E-state index in [1.165, 1.54) is 6.07 Å². The molecule has 0 spiro atoms. The Hall–Kier alpha value is -0.640. The number of piperazine rings is 1. The summed E-state index contributed by atoms with van der Waals surface area (Å²) in [5, 5.41) is 3.58. The van der Waals surface area contributed by atoms with Crippen LogP contribution < -0.4 is 5.32 Å². The quantitative estimate of drug-likeness (QED) is 0.895. The van der Waals surface area contributed by atoms with Gasteiger partial charge < -0.3 is 5.32 Å². The second-order valence-electron chi connectivity index (χ2n) is 6.23. The van der Waals surface area contributed by atoms with Crippen molar-refractivity contribution in [3.05, 3.63) is 34.6 Å². The first-order valence-electron chi connectivity index (χ1n) is 6.79. The van der Waals surface area contributed by atoms with E-state index >= 15 is 0 Å². The summed E-state index contributed by atoms with van der Waals surface area (Å²) in [4.78, 5) is 2.46. The van der Waals surface area contributed by atoms with E-state index in [4.69, 9.17) is 11.6 Å². The molecule has 0 unspecified atom stereocenters. The molecule has 1 atom stereocenters. The Morgan fingerprint density at radius 1 is 1.26 bits per heavy atom. The summed E-state index contributed by atoms with van der Waals surface area (Å²) in [5.41, 5.74) is 1.18. The van der Waals surface area contributed by atoms with Crippen molar-refractivity contribution in [2.75, 3.05) is 26.2 Å². The molecule has 1 aliphatic rings. The highest BCUT2D eigenvalue weighted by Gasteiger charge is 2.32. The van der Waals surface area contributed by atoms with Crippen molar-refractivity contribution in [2.45, 2.75) is 26.8 Å². The molecular formula is C15H22ClFN2. The molecule has 0 radical (unpaired) electrons. The molecule has 19 heavy (non-hydrogen) atoms. The van der Waals surface area contributed by atoms with Crippen LogP contribution in [0.3, 0.4) is 0 Å². The third-order valence-corrected chi connectivity index (χ3v) is 3.89. The van der Waals surface area contributed by atoms with Gasteiger partial charge in [0.15, 0.2) is 0 Å². The van der Waals surface area contributed by atoms with Crippen LogP contribution in [0.25, 0.3) is 0 Å². The van der Waals surface area contributed by atoms with Crippen LogP contribution in [-0.2, 0) is 0 Å². The molecule has 2 rings (SSSR count). The third kappa shape index (κ3) is 3.47. The first kappa shape index (κ1) is 14.8. The number of nitrogens with zero attached hydrogens (tertiary/aromatic N) is 1. The standard InChI is InChI=1S/C15H22ClFN2/c1-15(2,3)14(19-8-6-18-7-9-19)11-4-5-13(17)12(16)10-11/h4-5,10,14,18H,6-9H2,1-3H3/t14-/m1/s1. The predicted molar refractivity (Wildman–Crippen MR) is 78.0 cm³/mol. The number of hydrogen-bond donors (Lipinski definition) is 1. The molecule has 1 saturated heterocycles. The average Bonchev–Trinajstić information content (AvgIpc) is 2.34. The van der Waals surface area contributed by atoms with Gasteiger partial charge in [0.05, 0.1) is 5.02 Å². The van der Waals surface area contributed by atoms with E-state index in [-0.39, 0.29) is 22.3 Å². The smallest absolute Gasteiger partial charge is 0.141 e. The van der Waals surface area contributed by atoms with Crippen LogP contribution in [0.4, 0.5) is 4.39 Å². The summed E-state index contributed by atoms with van der Waals surface area (Å²) in [7, 11) is 0. The van der Waals surface area contributed by atoms with E-state index in [0.29, 0.717) is 0 Å². The minimum Gasteiger partial charge on any atom is -0.314 e. The molecule has 1 aliphatic heterocycles. The molecule has 1 fully saturated rings.